The molecule has 0 saturated carbocycles. The molecule has 1 atom stereocenters. The van der Waals surface area contributed by atoms with E-state index in [9.17, 15) is 4.79 Å². The predicted octanol–water partition coefficient (Wildman–Crippen LogP) is 0.0503. The highest BCUT2D eigenvalue weighted by Gasteiger charge is 2.09. The van der Waals surface area contributed by atoms with Gasteiger partial charge in [-0.25, -0.2) is 0 Å². The van der Waals surface area contributed by atoms with Crippen LogP contribution in [0.3, 0.4) is 0 Å². The van der Waals surface area contributed by atoms with E-state index < -0.39 is 11.9 Å². The summed E-state index contributed by atoms with van der Waals surface area (Å²) >= 11 is 0. The standard InChI is InChI=1S/C10H14N2O2/c1-14-8-4-2-3-7(5-8)6-9(11)10(12)13/h2-5,9H,6,11H2,1H3,(H2,12,13)/t9-/m0/s1. The van der Waals surface area contributed by atoms with Crippen LogP contribution < -0.4 is 16.2 Å². The molecule has 1 rings (SSSR count). The molecule has 0 aliphatic rings. The lowest BCUT2D eigenvalue weighted by molar-refractivity contribution is -0.119. The summed E-state index contributed by atoms with van der Waals surface area (Å²) in [6.07, 6.45) is 0.437. The van der Waals surface area contributed by atoms with Crippen molar-refractivity contribution in [1.82, 2.24) is 0 Å². The van der Waals surface area contributed by atoms with E-state index in [1.807, 2.05) is 24.3 Å². The van der Waals surface area contributed by atoms with Gasteiger partial charge in [-0.15, -0.1) is 0 Å². The van der Waals surface area contributed by atoms with Crippen molar-refractivity contribution in [2.75, 3.05) is 7.11 Å². The molecular formula is C10H14N2O2. The lowest BCUT2D eigenvalue weighted by Gasteiger charge is -2.08. The number of hydrogen-bond donors (Lipinski definition) is 2. The topological polar surface area (TPSA) is 78.3 Å². The number of amides is 1. The van der Waals surface area contributed by atoms with Gasteiger partial charge in [0.1, 0.15) is 5.75 Å². The summed E-state index contributed by atoms with van der Waals surface area (Å²) in [7, 11) is 1.59. The highest BCUT2D eigenvalue weighted by molar-refractivity contribution is 5.79. The second-order valence-electron chi connectivity index (χ2n) is 3.06. The second kappa shape index (κ2) is 4.62. The molecule has 14 heavy (non-hydrogen) atoms. The summed E-state index contributed by atoms with van der Waals surface area (Å²) in [5.74, 6) is 0.256. The highest BCUT2D eigenvalue weighted by atomic mass is 16.5. The molecule has 1 aromatic carbocycles. The molecule has 0 bridgehead atoms. The van der Waals surface area contributed by atoms with E-state index in [1.165, 1.54) is 0 Å². The molecule has 0 radical (unpaired) electrons. The molecule has 0 heterocycles. The Morgan fingerprint density at radius 1 is 1.57 bits per heavy atom. The largest absolute Gasteiger partial charge is 0.497 e. The number of nitrogens with two attached hydrogens (primary N) is 2. The smallest absolute Gasteiger partial charge is 0.234 e. The van der Waals surface area contributed by atoms with Gasteiger partial charge in [0, 0.05) is 0 Å². The van der Waals surface area contributed by atoms with Gasteiger partial charge in [-0.2, -0.15) is 0 Å². The van der Waals surface area contributed by atoms with Gasteiger partial charge in [-0.1, -0.05) is 12.1 Å². The normalized spacial score (nSPS) is 12.1. The van der Waals surface area contributed by atoms with E-state index in [0.717, 1.165) is 11.3 Å². The Bertz CT molecular complexity index is 326. The minimum Gasteiger partial charge on any atom is -0.497 e. The van der Waals surface area contributed by atoms with Crippen LogP contribution in [0.2, 0.25) is 0 Å². The van der Waals surface area contributed by atoms with E-state index in [4.69, 9.17) is 16.2 Å². The van der Waals surface area contributed by atoms with Crippen molar-refractivity contribution in [3.8, 4) is 5.75 Å². The Balaban J connectivity index is 2.71. The van der Waals surface area contributed by atoms with Gasteiger partial charge in [0.25, 0.3) is 0 Å². The van der Waals surface area contributed by atoms with Crippen LogP contribution in [0, 0.1) is 0 Å². The van der Waals surface area contributed by atoms with Crippen molar-refractivity contribution in [1.29, 1.82) is 0 Å². The second-order valence-corrected chi connectivity index (χ2v) is 3.06. The third-order valence-electron chi connectivity index (χ3n) is 1.96. The van der Waals surface area contributed by atoms with Crippen LogP contribution in [0.4, 0.5) is 0 Å². The Hall–Kier alpha value is -1.55. The molecule has 0 aliphatic carbocycles. The fraction of sp³-hybridized carbons (Fsp3) is 0.300. The highest BCUT2D eigenvalue weighted by Crippen LogP contribution is 2.13. The molecule has 0 aromatic heterocycles. The van der Waals surface area contributed by atoms with E-state index in [-0.39, 0.29) is 0 Å². The number of rotatable bonds is 4. The average molecular weight is 194 g/mol. The van der Waals surface area contributed by atoms with Crippen LogP contribution >= 0.6 is 0 Å². The first kappa shape index (κ1) is 10.5. The zero-order valence-electron chi connectivity index (χ0n) is 8.07. The fourth-order valence-electron chi connectivity index (χ4n) is 1.15. The van der Waals surface area contributed by atoms with Gasteiger partial charge in [0.05, 0.1) is 13.2 Å². The zero-order chi connectivity index (χ0) is 10.6. The fourth-order valence-corrected chi connectivity index (χ4v) is 1.15. The number of carbonyl (C=O) groups excluding carboxylic acids is 1. The molecule has 0 unspecified atom stereocenters. The first-order valence-electron chi connectivity index (χ1n) is 4.31. The third-order valence-corrected chi connectivity index (χ3v) is 1.96. The minimum atomic E-state index is -0.637. The quantitative estimate of drug-likeness (QED) is 0.710. The zero-order valence-corrected chi connectivity index (χ0v) is 8.07. The van der Waals surface area contributed by atoms with E-state index >= 15 is 0 Å². The Morgan fingerprint density at radius 2 is 2.29 bits per heavy atom. The predicted molar refractivity (Wildman–Crippen MR) is 53.9 cm³/mol. The molecule has 1 aromatic rings. The summed E-state index contributed by atoms with van der Waals surface area (Å²) in [6.45, 7) is 0. The van der Waals surface area contributed by atoms with Crippen LogP contribution in [-0.2, 0) is 11.2 Å². The molecule has 1 amide bonds. The molecule has 76 valence electrons. The number of primary amides is 1. The van der Waals surface area contributed by atoms with Crippen molar-refractivity contribution in [3.05, 3.63) is 29.8 Å². The van der Waals surface area contributed by atoms with Gasteiger partial charge in [0.2, 0.25) is 5.91 Å². The minimum absolute atomic E-state index is 0.437. The third kappa shape index (κ3) is 2.74. The van der Waals surface area contributed by atoms with Gasteiger partial charge >= 0.3 is 0 Å². The molecule has 0 spiro atoms. The molecular weight excluding hydrogens is 180 g/mol. The maximum atomic E-state index is 10.7. The van der Waals surface area contributed by atoms with Gasteiger partial charge in [-0.3, -0.25) is 4.79 Å². The molecule has 0 fully saturated rings. The number of methoxy groups -OCH3 is 1. The Kier molecular flexibility index (Phi) is 3.48. The number of ether oxygens (including phenoxy) is 1. The van der Waals surface area contributed by atoms with Gasteiger partial charge in [-0.05, 0) is 24.1 Å². The lowest BCUT2D eigenvalue weighted by atomic mass is 10.1. The van der Waals surface area contributed by atoms with Crippen LogP contribution in [-0.4, -0.2) is 19.1 Å². The monoisotopic (exact) mass is 194 g/mol. The number of hydrogen-bond acceptors (Lipinski definition) is 3. The molecule has 4 nitrogen and oxygen atoms in total. The first-order chi connectivity index (χ1) is 6.63. The Labute approximate surface area is 82.8 Å². The van der Waals surface area contributed by atoms with Crippen LogP contribution in [0.15, 0.2) is 24.3 Å². The summed E-state index contributed by atoms with van der Waals surface area (Å²) in [6, 6.07) is 6.76. The van der Waals surface area contributed by atoms with E-state index in [2.05, 4.69) is 0 Å². The van der Waals surface area contributed by atoms with E-state index in [1.54, 1.807) is 7.11 Å². The van der Waals surface area contributed by atoms with Crippen molar-refractivity contribution in [2.45, 2.75) is 12.5 Å². The van der Waals surface area contributed by atoms with Crippen LogP contribution in [0.25, 0.3) is 0 Å². The van der Waals surface area contributed by atoms with Crippen LogP contribution in [0.1, 0.15) is 5.56 Å². The average Bonchev–Trinajstić information content (AvgIpc) is 2.18. The van der Waals surface area contributed by atoms with Crippen molar-refractivity contribution >= 4 is 5.91 Å². The number of carbonyl (C=O) groups is 1. The summed E-state index contributed by atoms with van der Waals surface area (Å²) in [5, 5.41) is 0. The molecule has 4 N–H and O–H groups in total. The van der Waals surface area contributed by atoms with Gasteiger partial charge < -0.3 is 16.2 Å². The first-order valence-corrected chi connectivity index (χ1v) is 4.31. The van der Waals surface area contributed by atoms with Crippen molar-refractivity contribution in [2.24, 2.45) is 11.5 Å². The number of benzene rings is 1. The van der Waals surface area contributed by atoms with Crippen LogP contribution in [0.5, 0.6) is 5.75 Å². The van der Waals surface area contributed by atoms with Gasteiger partial charge in [0.15, 0.2) is 0 Å². The molecule has 0 aliphatic heterocycles. The maximum Gasteiger partial charge on any atom is 0.234 e. The Morgan fingerprint density at radius 3 is 2.86 bits per heavy atom. The summed E-state index contributed by atoms with van der Waals surface area (Å²) in [4.78, 5) is 10.7. The van der Waals surface area contributed by atoms with E-state index in [0.29, 0.717) is 6.42 Å². The van der Waals surface area contributed by atoms with Crippen molar-refractivity contribution in [3.63, 3.8) is 0 Å². The SMILES string of the molecule is COc1cccc(C[C@H](N)C(N)=O)c1. The molecule has 4 heteroatoms. The maximum absolute atomic E-state index is 10.7. The summed E-state index contributed by atoms with van der Waals surface area (Å²) in [5.41, 5.74) is 11.5. The lowest BCUT2D eigenvalue weighted by Crippen LogP contribution is -2.38. The summed E-state index contributed by atoms with van der Waals surface area (Å²) < 4.78 is 5.04. The molecule has 0 saturated heterocycles. The van der Waals surface area contributed by atoms with Crippen molar-refractivity contribution < 1.29 is 9.53 Å².